The van der Waals surface area contributed by atoms with Gasteiger partial charge >= 0.3 is 0 Å². The van der Waals surface area contributed by atoms with Crippen LogP contribution in [0.15, 0.2) is 48.5 Å². The topological polar surface area (TPSA) is 96.3 Å². The number of nitro benzene ring substituents is 1. The molecule has 0 heterocycles. The number of hydrogen-bond donors (Lipinski definition) is 3. The summed E-state index contributed by atoms with van der Waals surface area (Å²) in [6.07, 6.45) is 0.210. The van der Waals surface area contributed by atoms with Crippen molar-refractivity contribution in [2.75, 3.05) is 23.7 Å². The Kier molecular flexibility index (Phi) is 6.91. The molecule has 0 aliphatic rings. The highest BCUT2D eigenvalue weighted by molar-refractivity contribution is 5.91. The highest BCUT2D eigenvalue weighted by Crippen LogP contribution is 2.23. The SMILES string of the molecule is CCNCc1ccccc1NC(=O)CCNc1ccccc1[N+](=O)[O-]. The maximum Gasteiger partial charge on any atom is 0.292 e. The highest BCUT2D eigenvalue weighted by Gasteiger charge is 2.12. The first-order valence-corrected chi connectivity index (χ1v) is 8.17. The van der Waals surface area contributed by atoms with Crippen LogP contribution >= 0.6 is 0 Å². The van der Waals surface area contributed by atoms with Gasteiger partial charge in [0.25, 0.3) is 5.69 Å². The Morgan fingerprint density at radius 2 is 1.76 bits per heavy atom. The summed E-state index contributed by atoms with van der Waals surface area (Å²) in [4.78, 5) is 22.7. The van der Waals surface area contributed by atoms with Crippen molar-refractivity contribution >= 4 is 23.0 Å². The first kappa shape index (κ1) is 18.4. The van der Waals surface area contributed by atoms with E-state index in [0.29, 0.717) is 18.8 Å². The van der Waals surface area contributed by atoms with Gasteiger partial charge in [-0.15, -0.1) is 0 Å². The van der Waals surface area contributed by atoms with E-state index in [2.05, 4.69) is 16.0 Å². The fourth-order valence-electron chi connectivity index (χ4n) is 2.36. The molecule has 2 aromatic rings. The van der Waals surface area contributed by atoms with E-state index >= 15 is 0 Å². The van der Waals surface area contributed by atoms with E-state index in [1.165, 1.54) is 6.07 Å². The van der Waals surface area contributed by atoms with Crippen LogP contribution in [0, 0.1) is 10.1 Å². The Labute approximate surface area is 146 Å². The number of anilines is 2. The number of carbonyl (C=O) groups is 1. The molecule has 0 spiro atoms. The minimum atomic E-state index is -0.445. The first-order chi connectivity index (χ1) is 12.1. The van der Waals surface area contributed by atoms with E-state index in [0.717, 1.165) is 17.8 Å². The minimum absolute atomic E-state index is 0.00102. The summed E-state index contributed by atoms with van der Waals surface area (Å²) in [5.74, 6) is -0.143. The average Bonchev–Trinajstić information content (AvgIpc) is 2.61. The van der Waals surface area contributed by atoms with Crippen molar-refractivity contribution in [2.45, 2.75) is 19.9 Å². The predicted octanol–water partition coefficient (Wildman–Crippen LogP) is 3.15. The van der Waals surface area contributed by atoms with Gasteiger partial charge in [0.15, 0.2) is 0 Å². The van der Waals surface area contributed by atoms with Crippen LogP contribution in [0.5, 0.6) is 0 Å². The fourth-order valence-corrected chi connectivity index (χ4v) is 2.36. The lowest BCUT2D eigenvalue weighted by Crippen LogP contribution is -2.19. The largest absolute Gasteiger partial charge is 0.379 e. The van der Waals surface area contributed by atoms with Crippen molar-refractivity contribution in [1.29, 1.82) is 0 Å². The Bertz CT molecular complexity index is 734. The molecule has 0 aliphatic carbocycles. The molecule has 0 atom stereocenters. The molecule has 0 unspecified atom stereocenters. The molecule has 2 rings (SSSR count). The summed E-state index contributed by atoms with van der Waals surface area (Å²) in [6, 6.07) is 14.0. The summed E-state index contributed by atoms with van der Waals surface area (Å²) in [5, 5.41) is 20.0. The molecule has 7 heteroatoms. The Morgan fingerprint density at radius 3 is 2.48 bits per heavy atom. The average molecular weight is 342 g/mol. The number of nitrogens with zero attached hydrogens (tertiary/aromatic N) is 1. The Balaban J connectivity index is 1.89. The van der Waals surface area contributed by atoms with Crippen molar-refractivity contribution in [3.8, 4) is 0 Å². The quantitative estimate of drug-likeness (QED) is 0.480. The van der Waals surface area contributed by atoms with Crippen LogP contribution < -0.4 is 16.0 Å². The second-order valence-corrected chi connectivity index (χ2v) is 5.44. The van der Waals surface area contributed by atoms with Crippen LogP contribution in [-0.4, -0.2) is 23.9 Å². The lowest BCUT2D eigenvalue weighted by molar-refractivity contribution is -0.384. The molecule has 0 bridgehead atoms. The van der Waals surface area contributed by atoms with E-state index in [9.17, 15) is 14.9 Å². The number of rotatable bonds is 9. The number of carbonyl (C=O) groups excluding carboxylic acids is 1. The van der Waals surface area contributed by atoms with E-state index in [-0.39, 0.29) is 18.0 Å². The molecule has 0 saturated heterocycles. The summed E-state index contributed by atoms with van der Waals surface area (Å²) < 4.78 is 0. The summed E-state index contributed by atoms with van der Waals surface area (Å²) in [7, 11) is 0. The van der Waals surface area contributed by atoms with Gasteiger partial charge in [-0.05, 0) is 24.2 Å². The highest BCUT2D eigenvalue weighted by atomic mass is 16.6. The van der Waals surface area contributed by atoms with Gasteiger partial charge in [-0.25, -0.2) is 0 Å². The van der Waals surface area contributed by atoms with Crippen LogP contribution in [-0.2, 0) is 11.3 Å². The molecule has 3 N–H and O–H groups in total. The first-order valence-electron chi connectivity index (χ1n) is 8.17. The van der Waals surface area contributed by atoms with E-state index in [1.54, 1.807) is 18.2 Å². The maximum atomic E-state index is 12.1. The third kappa shape index (κ3) is 5.58. The van der Waals surface area contributed by atoms with Crippen LogP contribution in [0.25, 0.3) is 0 Å². The van der Waals surface area contributed by atoms with Crippen molar-refractivity contribution in [1.82, 2.24) is 5.32 Å². The number of para-hydroxylation sites is 3. The zero-order valence-corrected chi connectivity index (χ0v) is 14.1. The van der Waals surface area contributed by atoms with Crippen molar-refractivity contribution in [3.63, 3.8) is 0 Å². The fraction of sp³-hybridized carbons (Fsp3) is 0.278. The molecule has 2 aromatic carbocycles. The normalized spacial score (nSPS) is 10.3. The zero-order chi connectivity index (χ0) is 18.1. The zero-order valence-electron chi connectivity index (χ0n) is 14.1. The standard InChI is InChI=1S/C18H22N4O3/c1-2-19-13-14-7-3-4-8-15(14)21-18(23)11-12-20-16-9-5-6-10-17(16)22(24)25/h3-10,19-20H,2,11-13H2,1H3,(H,21,23). The van der Waals surface area contributed by atoms with Gasteiger partial charge in [0.2, 0.25) is 5.91 Å². The van der Waals surface area contributed by atoms with Crippen molar-refractivity contribution in [3.05, 3.63) is 64.2 Å². The summed E-state index contributed by atoms with van der Waals surface area (Å²) in [5.41, 5.74) is 2.20. The Hall–Kier alpha value is -2.93. The monoisotopic (exact) mass is 342 g/mol. The third-order valence-corrected chi connectivity index (χ3v) is 3.63. The lowest BCUT2D eigenvalue weighted by Gasteiger charge is -2.12. The number of hydrogen-bond acceptors (Lipinski definition) is 5. The van der Waals surface area contributed by atoms with Crippen LogP contribution in [0.3, 0.4) is 0 Å². The number of nitrogens with one attached hydrogen (secondary N) is 3. The summed E-state index contributed by atoms with van der Waals surface area (Å²) in [6.45, 7) is 3.87. The molecule has 0 aromatic heterocycles. The number of amides is 1. The summed E-state index contributed by atoms with van der Waals surface area (Å²) >= 11 is 0. The second-order valence-electron chi connectivity index (χ2n) is 5.44. The molecular weight excluding hydrogens is 320 g/mol. The maximum absolute atomic E-state index is 12.1. The molecule has 132 valence electrons. The number of nitro groups is 1. The molecular formula is C18H22N4O3. The molecule has 7 nitrogen and oxygen atoms in total. The van der Waals surface area contributed by atoms with E-state index in [1.807, 2.05) is 31.2 Å². The molecule has 1 amide bonds. The van der Waals surface area contributed by atoms with E-state index in [4.69, 9.17) is 0 Å². The van der Waals surface area contributed by atoms with Crippen LogP contribution in [0.1, 0.15) is 18.9 Å². The molecule has 0 fully saturated rings. The van der Waals surface area contributed by atoms with Gasteiger partial charge in [0.05, 0.1) is 4.92 Å². The van der Waals surface area contributed by atoms with Gasteiger partial charge < -0.3 is 16.0 Å². The molecule has 0 radical (unpaired) electrons. The second kappa shape index (κ2) is 9.39. The van der Waals surface area contributed by atoms with E-state index < -0.39 is 4.92 Å². The van der Waals surface area contributed by atoms with Gasteiger partial charge in [-0.2, -0.15) is 0 Å². The van der Waals surface area contributed by atoms with Crippen molar-refractivity contribution < 1.29 is 9.72 Å². The van der Waals surface area contributed by atoms with Crippen LogP contribution in [0.2, 0.25) is 0 Å². The smallest absolute Gasteiger partial charge is 0.292 e. The van der Waals surface area contributed by atoms with Crippen LogP contribution in [0.4, 0.5) is 17.1 Å². The molecule has 0 saturated carbocycles. The van der Waals surface area contributed by atoms with Gasteiger partial charge in [0.1, 0.15) is 5.69 Å². The van der Waals surface area contributed by atoms with Gasteiger partial charge in [-0.3, -0.25) is 14.9 Å². The van der Waals surface area contributed by atoms with Crippen molar-refractivity contribution in [2.24, 2.45) is 0 Å². The molecule has 0 aliphatic heterocycles. The third-order valence-electron chi connectivity index (χ3n) is 3.63. The predicted molar refractivity (Wildman–Crippen MR) is 98.7 cm³/mol. The Morgan fingerprint density at radius 1 is 1.08 bits per heavy atom. The molecule has 25 heavy (non-hydrogen) atoms. The minimum Gasteiger partial charge on any atom is -0.379 e. The van der Waals surface area contributed by atoms with Gasteiger partial charge in [-0.1, -0.05) is 37.3 Å². The number of benzene rings is 2. The lowest BCUT2D eigenvalue weighted by atomic mass is 10.1. The van der Waals surface area contributed by atoms with Gasteiger partial charge in [0, 0.05) is 31.3 Å².